The summed E-state index contributed by atoms with van der Waals surface area (Å²) in [5.74, 6) is 0.820. The van der Waals surface area contributed by atoms with E-state index in [-0.39, 0.29) is 12.1 Å². The smallest absolute Gasteiger partial charge is 0.174 e. The van der Waals surface area contributed by atoms with Gasteiger partial charge in [0.2, 0.25) is 0 Å². The summed E-state index contributed by atoms with van der Waals surface area (Å²) >= 11 is 12.0. The SMILES string of the molecule is COc1ccc(-n2cccc2C2C(c3ccccn3)NC(=S)N2c2ccc(Cl)cc2)cc1. The Hall–Kier alpha value is -3.35. The van der Waals surface area contributed by atoms with E-state index in [0.717, 1.165) is 28.5 Å². The van der Waals surface area contributed by atoms with E-state index in [2.05, 4.69) is 38.1 Å². The Labute approximate surface area is 197 Å². The van der Waals surface area contributed by atoms with Gasteiger partial charge in [0.25, 0.3) is 0 Å². The van der Waals surface area contributed by atoms with Crippen LogP contribution in [0.4, 0.5) is 5.69 Å². The molecule has 7 heteroatoms. The average Bonchev–Trinajstić information content (AvgIpc) is 3.44. The molecule has 0 aliphatic carbocycles. The van der Waals surface area contributed by atoms with Gasteiger partial charge in [-0.2, -0.15) is 0 Å². The minimum Gasteiger partial charge on any atom is -0.497 e. The van der Waals surface area contributed by atoms with Gasteiger partial charge >= 0.3 is 0 Å². The molecular weight excluding hydrogens is 440 g/mol. The van der Waals surface area contributed by atoms with E-state index in [4.69, 9.17) is 28.6 Å². The van der Waals surface area contributed by atoms with Crippen LogP contribution in [-0.4, -0.2) is 21.8 Å². The molecule has 0 spiro atoms. The van der Waals surface area contributed by atoms with Crippen molar-refractivity contribution in [3.63, 3.8) is 0 Å². The minimum atomic E-state index is -0.119. The maximum absolute atomic E-state index is 6.15. The van der Waals surface area contributed by atoms with E-state index in [1.165, 1.54) is 0 Å². The number of pyridine rings is 1. The van der Waals surface area contributed by atoms with Gasteiger partial charge in [-0.25, -0.2) is 0 Å². The summed E-state index contributed by atoms with van der Waals surface area (Å²) < 4.78 is 7.51. The summed E-state index contributed by atoms with van der Waals surface area (Å²) in [5.41, 5.74) is 4.03. The van der Waals surface area contributed by atoms with Crippen molar-refractivity contribution in [2.24, 2.45) is 0 Å². The van der Waals surface area contributed by atoms with Gasteiger partial charge in [0.05, 0.1) is 18.8 Å². The predicted octanol–water partition coefficient (Wildman–Crippen LogP) is 5.71. The van der Waals surface area contributed by atoms with Crippen LogP contribution in [-0.2, 0) is 0 Å². The number of ether oxygens (including phenoxy) is 1. The van der Waals surface area contributed by atoms with Crippen LogP contribution < -0.4 is 15.0 Å². The highest BCUT2D eigenvalue weighted by Gasteiger charge is 2.42. The number of aromatic nitrogens is 2. The lowest BCUT2D eigenvalue weighted by Crippen LogP contribution is -2.30. The highest BCUT2D eigenvalue weighted by atomic mass is 35.5. The van der Waals surface area contributed by atoms with Crippen molar-refractivity contribution in [2.45, 2.75) is 12.1 Å². The number of rotatable bonds is 5. The van der Waals surface area contributed by atoms with Crippen LogP contribution in [0.3, 0.4) is 0 Å². The fourth-order valence-electron chi connectivity index (χ4n) is 4.15. The molecule has 4 aromatic rings. The molecule has 0 radical (unpaired) electrons. The Morgan fingerprint density at radius 3 is 2.38 bits per heavy atom. The molecule has 5 nitrogen and oxygen atoms in total. The topological polar surface area (TPSA) is 42.3 Å². The number of anilines is 1. The van der Waals surface area contributed by atoms with Crippen LogP contribution in [0, 0.1) is 0 Å². The second-order valence-electron chi connectivity index (χ2n) is 7.47. The van der Waals surface area contributed by atoms with Gasteiger partial charge in [0, 0.05) is 34.5 Å². The number of methoxy groups -OCH3 is 1. The maximum atomic E-state index is 6.15. The second kappa shape index (κ2) is 8.65. The summed E-state index contributed by atoms with van der Waals surface area (Å²) in [6, 6.07) is 25.7. The van der Waals surface area contributed by atoms with Crippen molar-refractivity contribution >= 4 is 34.6 Å². The summed E-state index contributed by atoms with van der Waals surface area (Å²) in [4.78, 5) is 6.77. The molecule has 2 unspecified atom stereocenters. The molecule has 0 saturated carbocycles. The lowest BCUT2D eigenvalue weighted by atomic mass is 10.0. The first-order chi connectivity index (χ1) is 15.7. The standard InChI is InChI=1S/C25H21ClN4OS/c1-31-20-13-11-18(12-14-20)29-16-4-6-22(29)24-23(21-5-2-3-15-27-21)28-25(32)30(24)19-9-7-17(26)8-10-19/h2-16,23-24H,1H3,(H,28,32). The van der Waals surface area contributed by atoms with Gasteiger partial charge < -0.3 is 19.5 Å². The quantitative estimate of drug-likeness (QED) is 0.386. The van der Waals surface area contributed by atoms with Crippen LogP contribution in [0.5, 0.6) is 5.75 Å². The highest BCUT2D eigenvalue weighted by molar-refractivity contribution is 7.80. The van der Waals surface area contributed by atoms with Crippen molar-refractivity contribution in [3.8, 4) is 11.4 Å². The zero-order valence-corrected chi connectivity index (χ0v) is 18.9. The fraction of sp³-hybridized carbons (Fsp3) is 0.120. The molecule has 1 saturated heterocycles. The molecule has 2 aromatic carbocycles. The molecule has 1 N–H and O–H groups in total. The summed E-state index contributed by atoms with van der Waals surface area (Å²) in [6.45, 7) is 0. The molecule has 2 atom stereocenters. The minimum absolute atomic E-state index is 0.115. The van der Waals surface area contributed by atoms with Crippen molar-refractivity contribution in [2.75, 3.05) is 12.0 Å². The van der Waals surface area contributed by atoms with Crippen LogP contribution in [0.1, 0.15) is 23.5 Å². The van der Waals surface area contributed by atoms with E-state index in [1.54, 1.807) is 7.11 Å². The Bertz CT molecular complexity index is 1230. The van der Waals surface area contributed by atoms with Gasteiger partial charge in [-0.05, 0) is 85.0 Å². The zero-order chi connectivity index (χ0) is 22.1. The first kappa shape index (κ1) is 20.5. The Morgan fingerprint density at radius 1 is 0.938 bits per heavy atom. The molecule has 160 valence electrons. The molecule has 32 heavy (non-hydrogen) atoms. The van der Waals surface area contributed by atoms with Crippen LogP contribution >= 0.6 is 23.8 Å². The van der Waals surface area contributed by atoms with Gasteiger partial charge in [-0.3, -0.25) is 4.98 Å². The van der Waals surface area contributed by atoms with E-state index in [9.17, 15) is 0 Å². The summed E-state index contributed by atoms with van der Waals surface area (Å²) in [7, 11) is 1.67. The van der Waals surface area contributed by atoms with Crippen molar-refractivity contribution in [3.05, 3.63) is 108 Å². The number of thiocarbonyl (C=S) groups is 1. The molecule has 1 fully saturated rings. The van der Waals surface area contributed by atoms with E-state index >= 15 is 0 Å². The first-order valence-corrected chi connectivity index (χ1v) is 11.0. The van der Waals surface area contributed by atoms with E-state index in [0.29, 0.717) is 10.1 Å². The van der Waals surface area contributed by atoms with E-state index < -0.39 is 0 Å². The third-order valence-electron chi connectivity index (χ3n) is 5.64. The zero-order valence-electron chi connectivity index (χ0n) is 17.4. The van der Waals surface area contributed by atoms with Crippen molar-refractivity contribution in [1.82, 2.24) is 14.9 Å². The van der Waals surface area contributed by atoms with E-state index in [1.807, 2.05) is 72.9 Å². The molecule has 5 rings (SSSR count). The second-order valence-corrected chi connectivity index (χ2v) is 8.30. The number of hydrogen-bond donors (Lipinski definition) is 1. The average molecular weight is 461 g/mol. The first-order valence-electron chi connectivity index (χ1n) is 10.2. The molecule has 0 amide bonds. The van der Waals surface area contributed by atoms with Gasteiger partial charge in [-0.15, -0.1) is 0 Å². The number of halogens is 1. The molecule has 0 bridgehead atoms. The molecule has 1 aliphatic rings. The lowest BCUT2D eigenvalue weighted by Gasteiger charge is -2.29. The Morgan fingerprint density at radius 2 is 1.69 bits per heavy atom. The predicted molar refractivity (Wildman–Crippen MR) is 132 cm³/mol. The molecular formula is C25H21ClN4OS. The highest BCUT2D eigenvalue weighted by Crippen LogP contribution is 2.42. The third-order valence-corrected chi connectivity index (χ3v) is 6.20. The van der Waals surface area contributed by atoms with Crippen LogP contribution in [0.2, 0.25) is 5.02 Å². The summed E-state index contributed by atoms with van der Waals surface area (Å²) in [6.07, 6.45) is 3.87. The molecule has 1 aliphatic heterocycles. The monoisotopic (exact) mass is 460 g/mol. The Balaban J connectivity index is 1.64. The van der Waals surface area contributed by atoms with Crippen molar-refractivity contribution < 1.29 is 4.74 Å². The normalized spacial score (nSPS) is 17.9. The molecule has 3 heterocycles. The molecule has 2 aromatic heterocycles. The van der Waals surface area contributed by atoms with Gasteiger partial charge in [-0.1, -0.05) is 17.7 Å². The summed E-state index contributed by atoms with van der Waals surface area (Å²) in [5, 5.41) is 4.83. The fourth-order valence-corrected chi connectivity index (χ4v) is 4.62. The third kappa shape index (κ3) is 3.72. The number of benzene rings is 2. The van der Waals surface area contributed by atoms with Gasteiger partial charge in [0.1, 0.15) is 11.8 Å². The van der Waals surface area contributed by atoms with Crippen LogP contribution in [0.25, 0.3) is 5.69 Å². The number of nitrogens with one attached hydrogen (secondary N) is 1. The van der Waals surface area contributed by atoms with Crippen LogP contribution in [0.15, 0.2) is 91.3 Å². The lowest BCUT2D eigenvalue weighted by molar-refractivity contribution is 0.414. The van der Waals surface area contributed by atoms with Crippen molar-refractivity contribution in [1.29, 1.82) is 0 Å². The number of nitrogens with zero attached hydrogens (tertiary/aromatic N) is 3. The largest absolute Gasteiger partial charge is 0.497 e. The maximum Gasteiger partial charge on any atom is 0.174 e. The number of hydrogen-bond acceptors (Lipinski definition) is 3. The Kier molecular flexibility index (Phi) is 5.55. The van der Waals surface area contributed by atoms with Gasteiger partial charge in [0.15, 0.2) is 5.11 Å².